The maximum absolute atomic E-state index is 12.9. The second-order valence-corrected chi connectivity index (χ2v) is 12.2. The minimum Gasteiger partial charge on any atom is -0.490 e. The second kappa shape index (κ2) is 8.96. The summed E-state index contributed by atoms with van der Waals surface area (Å²) in [5.41, 5.74) is 0.0825. The number of esters is 1. The van der Waals surface area contributed by atoms with Crippen molar-refractivity contribution in [1.29, 1.82) is 0 Å². The minimum absolute atomic E-state index is 0.0825. The lowest BCUT2D eigenvalue weighted by atomic mass is 10.2. The molecule has 0 fully saturated rings. The van der Waals surface area contributed by atoms with Crippen LogP contribution in [-0.2, 0) is 9.53 Å². The fraction of sp³-hybridized carbons (Fsp3) is 0.200. The molecule has 0 saturated carbocycles. The first kappa shape index (κ1) is 21.8. The van der Waals surface area contributed by atoms with Crippen molar-refractivity contribution < 1.29 is 14.3 Å². The molecule has 4 nitrogen and oxygen atoms in total. The van der Waals surface area contributed by atoms with Crippen molar-refractivity contribution in [3.63, 3.8) is 0 Å². The van der Waals surface area contributed by atoms with E-state index in [1.54, 1.807) is 0 Å². The molecule has 31 heavy (non-hydrogen) atoms. The number of carbonyl (C=O) groups excluding carboxylic acids is 1. The van der Waals surface area contributed by atoms with E-state index in [9.17, 15) is 9.59 Å². The van der Waals surface area contributed by atoms with Crippen molar-refractivity contribution >= 4 is 59.2 Å². The van der Waals surface area contributed by atoms with Crippen LogP contribution >= 0.6 is 33.1 Å². The van der Waals surface area contributed by atoms with Gasteiger partial charge in [0.2, 0.25) is 5.43 Å². The first-order valence-electron chi connectivity index (χ1n) is 9.92. The van der Waals surface area contributed by atoms with Gasteiger partial charge in [0.1, 0.15) is 22.4 Å². The third-order valence-corrected chi connectivity index (χ3v) is 7.61. The summed E-state index contributed by atoms with van der Waals surface area (Å²) in [6.07, 6.45) is 0. The molecule has 0 N–H and O–H groups in total. The Balaban J connectivity index is 1.60. The van der Waals surface area contributed by atoms with Crippen LogP contribution in [0.4, 0.5) is 0 Å². The largest absolute Gasteiger partial charge is 0.490 e. The predicted molar refractivity (Wildman–Crippen MR) is 136 cm³/mol. The molecule has 0 aliphatic carbocycles. The van der Waals surface area contributed by atoms with Gasteiger partial charge < -0.3 is 9.47 Å². The van der Waals surface area contributed by atoms with Crippen LogP contribution in [0, 0.1) is 0 Å². The van der Waals surface area contributed by atoms with Crippen molar-refractivity contribution in [3.8, 4) is 10.6 Å². The van der Waals surface area contributed by atoms with Crippen LogP contribution in [0.2, 0.25) is 0 Å². The third kappa shape index (κ3) is 4.60. The molecule has 0 aliphatic heterocycles. The Morgan fingerprint density at radius 2 is 1.42 bits per heavy atom. The highest BCUT2D eigenvalue weighted by atomic mass is 127. The van der Waals surface area contributed by atoms with Gasteiger partial charge in [0.05, 0.1) is 10.8 Å². The van der Waals surface area contributed by atoms with Gasteiger partial charge in [0.15, 0.2) is 14.3 Å². The Kier molecular flexibility index (Phi) is 6.29. The van der Waals surface area contributed by atoms with E-state index in [1.807, 2.05) is 86.6 Å². The Hall–Kier alpha value is -2.45. The molecular formula is C25H22IO4S+. The molecule has 158 valence electrons. The summed E-state index contributed by atoms with van der Waals surface area (Å²) in [4.78, 5) is 25.9. The Labute approximate surface area is 196 Å². The van der Waals surface area contributed by atoms with Gasteiger partial charge in [0.25, 0.3) is 0 Å². The van der Waals surface area contributed by atoms with Gasteiger partial charge in [-0.2, -0.15) is 0 Å². The van der Waals surface area contributed by atoms with E-state index in [0.717, 1.165) is 25.1 Å². The summed E-state index contributed by atoms with van der Waals surface area (Å²) >= 11 is 2.06. The quantitative estimate of drug-likeness (QED) is 0.0721. The molecule has 0 bridgehead atoms. The molecular weight excluding hydrogens is 523 g/mol. The molecule has 0 saturated heterocycles. The number of alkyl halides is 1. The summed E-state index contributed by atoms with van der Waals surface area (Å²) < 4.78 is 12.5. The standard InChI is InChI=1S/C25H22IO4S/c1-25(2,26)24(28)30-16-15-29-17-11-13-18(14-12-17)31-21-9-5-3-7-19(21)23(27)20-8-4-6-10-22(20)31/h3-14H,15-16H2,1-2H3/q+1. The lowest BCUT2D eigenvalue weighted by Gasteiger charge is -2.15. The van der Waals surface area contributed by atoms with Gasteiger partial charge >= 0.3 is 5.97 Å². The van der Waals surface area contributed by atoms with Gasteiger partial charge in [-0.25, -0.2) is 0 Å². The van der Waals surface area contributed by atoms with E-state index < -0.39 is 3.42 Å². The van der Waals surface area contributed by atoms with E-state index in [0.29, 0.717) is 12.4 Å². The molecule has 0 unspecified atom stereocenters. The maximum atomic E-state index is 12.9. The topological polar surface area (TPSA) is 52.6 Å². The SMILES string of the molecule is CC(C)(I)C(=O)OCCOc1ccc(-[s+]2c3ccccc3c(=O)c3ccccc32)cc1. The van der Waals surface area contributed by atoms with Gasteiger partial charge in [-0.3, -0.25) is 9.59 Å². The zero-order valence-electron chi connectivity index (χ0n) is 17.3. The van der Waals surface area contributed by atoms with E-state index in [-0.39, 0.29) is 28.5 Å². The lowest BCUT2D eigenvalue weighted by molar-refractivity contribution is -0.145. The number of halogens is 1. The van der Waals surface area contributed by atoms with Crippen molar-refractivity contribution in [2.24, 2.45) is 0 Å². The maximum Gasteiger partial charge on any atom is 0.321 e. The number of benzene rings is 3. The highest BCUT2D eigenvalue weighted by Gasteiger charge is 2.25. The highest BCUT2D eigenvalue weighted by molar-refractivity contribution is 14.1. The number of fused-ring (bicyclic) bond motifs is 2. The number of ether oxygens (including phenoxy) is 2. The van der Waals surface area contributed by atoms with E-state index in [2.05, 4.69) is 22.6 Å². The molecule has 6 heteroatoms. The number of hydrogen-bond acceptors (Lipinski definition) is 4. The van der Waals surface area contributed by atoms with Crippen LogP contribution in [-0.4, -0.2) is 22.6 Å². The Bertz CT molecular complexity index is 1240. The smallest absolute Gasteiger partial charge is 0.321 e. The van der Waals surface area contributed by atoms with E-state index in [1.165, 1.54) is 0 Å². The van der Waals surface area contributed by atoms with Gasteiger partial charge in [-0.1, -0.05) is 46.9 Å². The molecule has 4 aromatic rings. The van der Waals surface area contributed by atoms with Crippen molar-refractivity contribution in [2.45, 2.75) is 17.3 Å². The number of carbonyl (C=O) groups is 1. The predicted octanol–water partition coefficient (Wildman–Crippen LogP) is 6.23. The molecule has 1 aromatic heterocycles. The van der Waals surface area contributed by atoms with Crippen LogP contribution in [0.15, 0.2) is 77.6 Å². The molecule has 0 spiro atoms. The normalized spacial score (nSPS) is 11.6. The summed E-state index contributed by atoms with van der Waals surface area (Å²) in [6, 6.07) is 23.6. The Morgan fingerprint density at radius 3 is 1.97 bits per heavy atom. The van der Waals surface area contributed by atoms with Gasteiger partial charge in [0, 0.05) is 22.6 Å². The first-order chi connectivity index (χ1) is 14.9. The Morgan fingerprint density at radius 1 is 0.871 bits per heavy atom. The molecule has 1 heterocycles. The average molecular weight is 545 g/mol. The molecule has 3 aromatic carbocycles. The zero-order valence-corrected chi connectivity index (χ0v) is 20.2. The molecule has 4 rings (SSSR count). The summed E-state index contributed by atoms with van der Waals surface area (Å²) in [7, 11) is -0.357. The zero-order chi connectivity index (χ0) is 22.0. The summed E-state index contributed by atoms with van der Waals surface area (Å²) in [6.45, 7) is 4.13. The monoisotopic (exact) mass is 545 g/mol. The molecule has 0 atom stereocenters. The van der Waals surface area contributed by atoms with Crippen molar-refractivity contribution in [2.75, 3.05) is 13.2 Å². The van der Waals surface area contributed by atoms with E-state index >= 15 is 0 Å². The van der Waals surface area contributed by atoms with Gasteiger partial charge in [-0.05, 0) is 50.2 Å². The fourth-order valence-corrected chi connectivity index (χ4v) is 5.82. The minimum atomic E-state index is -0.547. The first-order valence-corrected chi connectivity index (χ1v) is 12.2. The lowest BCUT2D eigenvalue weighted by Crippen LogP contribution is -2.27. The van der Waals surface area contributed by atoms with Crippen LogP contribution in [0.25, 0.3) is 25.1 Å². The van der Waals surface area contributed by atoms with Crippen LogP contribution < -0.4 is 10.2 Å². The highest BCUT2D eigenvalue weighted by Crippen LogP contribution is 2.43. The second-order valence-electron chi connectivity index (χ2n) is 7.56. The average Bonchev–Trinajstić information content (AvgIpc) is 2.77. The third-order valence-electron chi connectivity index (χ3n) is 4.83. The summed E-state index contributed by atoms with van der Waals surface area (Å²) in [5, 5.41) is 1.54. The molecule has 0 amide bonds. The van der Waals surface area contributed by atoms with E-state index in [4.69, 9.17) is 9.47 Å². The number of rotatable bonds is 6. The summed E-state index contributed by atoms with van der Waals surface area (Å²) in [5.74, 6) is 0.462. The molecule has 0 radical (unpaired) electrons. The van der Waals surface area contributed by atoms with Crippen LogP contribution in [0.5, 0.6) is 5.75 Å². The molecule has 0 aliphatic rings. The van der Waals surface area contributed by atoms with Crippen molar-refractivity contribution in [3.05, 3.63) is 83.0 Å². The van der Waals surface area contributed by atoms with Crippen LogP contribution in [0.1, 0.15) is 13.8 Å². The van der Waals surface area contributed by atoms with Crippen LogP contribution in [0.3, 0.4) is 0 Å². The van der Waals surface area contributed by atoms with Crippen molar-refractivity contribution in [1.82, 2.24) is 0 Å². The number of hydrogen-bond donors (Lipinski definition) is 0. The van der Waals surface area contributed by atoms with Gasteiger partial charge in [-0.15, -0.1) is 0 Å². The fourth-order valence-electron chi connectivity index (χ4n) is 3.32.